The van der Waals surface area contributed by atoms with E-state index in [1.807, 2.05) is 60.2 Å². The van der Waals surface area contributed by atoms with Crippen LogP contribution in [0.15, 0.2) is 60.9 Å². The molecule has 0 bridgehead atoms. The Bertz CT molecular complexity index is 842. The van der Waals surface area contributed by atoms with E-state index in [1.165, 1.54) is 0 Å². The molecule has 0 spiro atoms. The molecular weight excluding hydrogens is 310 g/mol. The first-order valence-corrected chi connectivity index (χ1v) is 7.65. The number of hydrogen-bond donors (Lipinski definition) is 1. The molecule has 0 unspecified atom stereocenters. The van der Waals surface area contributed by atoms with Crippen molar-refractivity contribution in [2.24, 2.45) is 0 Å². The quantitative estimate of drug-likeness (QED) is 0.793. The number of pyridine rings is 1. The molecule has 0 aliphatic heterocycles. The maximum absolute atomic E-state index is 12.5. The molecule has 0 radical (unpaired) electrons. The van der Waals surface area contributed by atoms with E-state index in [1.54, 1.807) is 12.3 Å². The number of hydrogen-bond acceptors (Lipinski definition) is 2. The molecule has 0 aliphatic rings. The molecule has 2 aromatic heterocycles. The van der Waals surface area contributed by atoms with E-state index in [-0.39, 0.29) is 5.91 Å². The number of nitrogens with one attached hydrogen (secondary N) is 1. The first-order chi connectivity index (χ1) is 11.2. The third-order valence-corrected chi connectivity index (χ3v) is 3.99. The largest absolute Gasteiger partial charge is 0.347 e. The highest BCUT2D eigenvalue weighted by molar-refractivity contribution is 6.31. The van der Waals surface area contributed by atoms with Crippen molar-refractivity contribution >= 4 is 17.5 Å². The summed E-state index contributed by atoms with van der Waals surface area (Å²) in [6.07, 6.45) is 3.59. The van der Waals surface area contributed by atoms with Crippen molar-refractivity contribution in [2.45, 2.75) is 13.5 Å². The summed E-state index contributed by atoms with van der Waals surface area (Å²) in [6, 6.07) is 14.9. The van der Waals surface area contributed by atoms with Gasteiger partial charge >= 0.3 is 0 Å². The predicted octanol–water partition coefficient (Wildman–Crippen LogP) is 3.76. The number of nitrogens with zero attached hydrogens (tertiary/aromatic N) is 2. The van der Waals surface area contributed by atoms with Gasteiger partial charge in [-0.15, -0.1) is 0 Å². The van der Waals surface area contributed by atoms with Gasteiger partial charge in [-0.25, -0.2) is 0 Å². The van der Waals surface area contributed by atoms with Crippen LogP contribution in [0.2, 0.25) is 5.02 Å². The first kappa shape index (κ1) is 15.3. The fourth-order valence-corrected chi connectivity index (χ4v) is 2.62. The van der Waals surface area contributed by atoms with Crippen molar-refractivity contribution in [2.75, 3.05) is 0 Å². The van der Waals surface area contributed by atoms with Crippen molar-refractivity contribution in [1.82, 2.24) is 14.9 Å². The normalized spacial score (nSPS) is 10.5. The molecule has 3 rings (SSSR count). The number of aryl methyl sites for hydroxylation is 1. The Morgan fingerprint density at radius 1 is 1.17 bits per heavy atom. The lowest BCUT2D eigenvalue weighted by Gasteiger charge is -2.12. The van der Waals surface area contributed by atoms with Crippen LogP contribution in [0.5, 0.6) is 0 Å². The predicted molar refractivity (Wildman–Crippen MR) is 90.9 cm³/mol. The van der Waals surface area contributed by atoms with E-state index < -0.39 is 0 Å². The summed E-state index contributed by atoms with van der Waals surface area (Å²) in [6.45, 7) is 2.30. The van der Waals surface area contributed by atoms with Crippen molar-refractivity contribution in [3.8, 4) is 5.69 Å². The smallest absolute Gasteiger partial charge is 0.268 e. The zero-order valence-electron chi connectivity index (χ0n) is 12.7. The van der Waals surface area contributed by atoms with Crippen LogP contribution in [0.4, 0.5) is 0 Å². The Morgan fingerprint density at radius 2 is 2.00 bits per heavy atom. The molecule has 0 aliphatic carbocycles. The summed E-state index contributed by atoms with van der Waals surface area (Å²) in [4.78, 5) is 16.8. The lowest BCUT2D eigenvalue weighted by molar-refractivity contribution is 0.0944. The van der Waals surface area contributed by atoms with Gasteiger partial charge in [-0.1, -0.05) is 29.8 Å². The maximum atomic E-state index is 12.5. The van der Waals surface area contributed by atoms with Crippen molar-refractivity contribution in [1.29, 1.82) is 0 Å². The van der Waals surface area contributed by atoms with E-state index in [0.29, 0.717) is 17.3 Å². The Kier molecular flexibility index (Phi) is 4.44. The van der Waals surface area contributed by atoms with Crippen molar-refractivity contribution < 1.29 is 4.79 Å². The molecule has 0 fully saturated rings. The topological polar surface area (TPSA) is 46.9 Å². The van der Waals surface area contributed by atoms with Crippen LogP contribution in [0.1, 0.15) is 21.7 Å². The number of amides is 1. The molecule has 1 N–H and O–H groups in total. The van der Waals surface area contributed by atoms with Gasteiger partial charge in [0.1, 0.15) is 5.69 Å². The average molecular weight is 326 g/mol. The van der Waals surface area contributed by atoms with Crippen LogP contribution < -0.4 is 5.32 Å². The van der Waals surface area contributed by atoms with Gasteiger partial charge in [0.15, 0.2) is 0 Å². The summed E-state index contributed by atoms with van der Waals surface area (Å²) in [5.41, 5.74) is 3.20. The van der Waals surface area contributed by atoms with Crippen LogP contribution in [0.25, 0.3) is 5.69 Å². The zero-order chi connectivity index (χ0) is 16.2. The third kappa shape index (κ3) is 3.27. The lowest BCUT2D eigenvalue weighted by atomic mass is 10.2. The standard InChI is InChI=1S/C18H16ClN3O/c1-13-16(8-4-10-20-13)22-11-5-9-17(22)18(23)21-12-14-6-2-3-7-15(14)19/h2-11H,12H2,1H3,(H,21,23). The van der Waals surface area contributed by atoms with Gasteiger partial charge in [0.2, 0.25) is 0 Å². The molecule has 116 valence electrons. The Balaban J connectivity index is 1.81. The van der Waals surface area contributed by atoms with Crippen LogP contribution in [-0.4, -0.2) is 15.5 Å². The molecule has 23 heavy (non-hydrogen) atoms. The summed E-state index contributed by atoms with van der Waals surface area (Å²) < 4.78 is 1.84. The summed E-state index contributed by atoms with van der Waals surface area (Å²) in [5.74, 6) is -0.154. The number of rotatable bonds is 4. The Morgan fingerprint density at radius 3 is 2.78 bits per heavy atom. The third-order valence-electron chi connectivity index (χ3n) is 3.62. The molecule has 0 saturated heterocycles. The van der Waals surface area contributed by atoms with Crippen molar-refractivity contribution in [3.63, 3.8) is 0 Å². The van der Waals surface area contributed by atoms with Gasteiger partial charge in [-0.2, -0.15) is 0 Å². The fourth-order valence-electron chi connectivity index (χ4n) is 2.41. The molecule has 0 saturated carbocycles. The van der Waals surface area contributed by atoms with E-state index >= 15 is 0 Å². The van der Waals surface area contributed by atoms with Gasteiger partial charge in [-0.05, 0) is 42.8 Å². The highest BCUT2D eigenvalue weighted by atomic mass is 35.5. The second-order valence-electron chi connectivity index (χ2n) is 5.15. The van der Waals surface area contributed by atoms with Crippen LogP contribution in [0, 0.1) is 6.92 Å². The summed E-state index contributed by atoms with van der Waals surface area (Å²) in [5, 5.41) is 3.55. The maximum Gasteiger partial charge on any atom is 0.268 e. The second kappa shape index (κ2) is 6.67. The number of carbonyl (C=O) groups excluding carboxylic acids is 1. The van der Waals surface area contributed by atoms with Crippen LogP contribution in [0.3, 0.4) is 0 Å². The molecule has 1 amide bonds. The number of carbonyl (C=O) groups is 1. The minimum absolute atomic E-state index is 0.154. The lowest BCUT2D eigenvalue weighted by Crippen LogP contribution is -2.25. The second-order valence-corrected chi connectivity index (χ2v) is 5.55. The van der Waals surface area contributed by atoms with Crippen molar-refractivity contribution in [3.05, 3.63) is 82.9 Å². The fraction of sp³-hybridized carbons (Fsp3) is 0.111. The molecule has 0 atom stereocenters. The average Bonchev–Trinajstić information content (AvgIpc) is 3.04. The minimum atomic E-state index is -0.154. The van der Waals surface area contributed by atoms with Crippen LogP contribution >= 0.6 is 11.6 Å². The van der Waals surface area contributed by atoms with E-state index in [4.69, 9.17) is 11.6 Å². The van der Waals surface area contributed by atoms with Gasteiger partial charge < -0.3 is 9.88 Å². The SMILES string of the molecule is Cc1ncccc1-n1cccc1C(=O)NCc1ccccc1Cl. The molecule has 5 heteroatoms. The summed E-state index contributed by atoms with van der Waals surface area (Å²) >= 11 is 6.12. The highest BCUT2D eigenvalue weighted by Gasteiger charge is 2.13. The van der Waals surface area contributed by atoms with Gasteiger partial charge in [0.05, 0.1) is 11.4 Å². The molecule has 2 heterocycles. The van der Waals surface area contributed by atoms with E-state index in [2.05, 4.69) is 10.3 Å². The summed E-state index contributed by atoms with van der Waals surface area (Å²) in [7, 11) is 0. The molecule has 1 aromatic carbocycles. The number of halogens is 1. The minimum Gasteiger partial charge on any atom is -0.347 e. The number of aromatic nitrogens is 2. The first-order valence-electron chi connectivity index (χ1n) is 7.28. The zero-order valence-corrected chi connectivity index (χ0v) is 13.4. The highest BCUT2D eigenvalue weighted by Crippen LogP contribution is 2.17. The van der Waals surface area contributed by atoms with Gasteiger partial charge in [0, 0.05) is 24.0 Å². The Hall–Kier alpha value is -2.59. The number of benzene rings is 1. The van der Waals surface area contributed by atoms with Gasteiger partial charge in [-0.3, -0.25) is 9.78 Å². The molecule has 3 aromatic rings. The van der Waals surface area contributed by atoms with Crippen LogP contribution in [-0.2, 0) is 6.54 Å². The van der Waals surface area contributed by atoms with Gasteiger partial charge in [0.25, 0.3) is 5.91 Å². The monoisotopic (exact) mass is 325 g/mol. The molecular formula is C18H16ClN3O. The Labute approximate surface area is 139 Å². The van der Waals surface area contributed by atoms with E-state index in [9.17, 15) is 4.79 Å². The molecule has 4 nitrogen and oxygen atoms in total. The van der Waals surface area contributed by atoms with E-state index in [0.717, 1.165) is 16.9 Å².